The van der Waals surface area contributed by atoms with Crippen molar-refractivity contribution in [2.45, 2.75) is 40.2 Å². The van der Waals surface area contributed by atoms with Crippen LogP contribution in [-0.4, -0.2) is 21.5 Å². The van der Waals surface area contributed by atoms with Gasteiger partial charge in [-0.1, -0.05) is 19.9 Å². The van der Waals surface area contributed by atoms with E-state index in [-0.39, 0.29) is 0 Å². The lowest BCUT2D eigenvalue weighted by atomic mass is 10.0. The number of anilines is 2. The van der Waals surface area contributed by atoms with E-state index in [1.807, 2.05) is 19.2 Å². The zero-order valence-electron chi connectivity index (χ0n) is 13.1. The predicted octanol–water partition coefficient (Wildman–Crippen LogP) is 3.35. The highest BCUT2D eigenvalue weighted by atomic mass is 15.1. The van der Waals surface area contributed by atoms with Gasteiger partial charge < -0.3 is 10.6 Å². The van der Waals surface area contributed by atoms with E-state index in [0.29, 0.717) is 12.5 Å². The van der Waals surface area contributed by atoms with Gasteiger partial charge in [-0.05, 0) is 31.4 Å². The fraction of sp³-hybridized carbons (Fsp3) is 0.438. The predicted molar refractivity (Wildman–Crippen MR) is 86.6 cm³/mol. The van der Waals surface area contributed by atoms with Crippen molar-refractivity contribution in [1.82, 2.24) is 15.0 Å². The molecule has 2 aromatic rings. The van der Waals surface area contributed by atoms with Crippen LogP contribution in [0.25, 0.3) is 0 Å². The Morgan fingerprint density at radius 3 is 2.33 bits per heavy atom. The summed E-state index contributed by atoms with van der Waals surface area (Å²) in [6.45, 7) is 9.91. The third kappa shape index (κ3) is 3.90. The van der Waals surface area contributed by atoms with Gasteiger partial charge in [-0.3, -0.25) is 4.98 Å². The molecule has 2 rings (SSSR count). The molecule has 0 fully saturated rings. The van der Waals surface area contributed by atoms with E-state index < -0.39 is 0 Å². The molecule has 0 aliphatic rings. The van der Waals surface area contributed by atoms with Gasteiger partial charge in [0.1, 0.15) is 18.0 Å². The van der Waals surface area contributed by atoms with Crippen LogP contribution >= 0.6 is 0 Å². The number of aromatic nitrogens is 3. The Hall–Kier alpha value is -2.17. The number of pyridine rings is 1. The van der Waals surface area contributed by atoms with E-state index in [4.69, 9.17) is 0 Å². The molecule has 0 amide bonds. The zero-order valence-corrected chi connectivity index (χ0v) is 13.1. The topological polar surface area (TPSA) is 62.7 Å². The van der Waals surface area contributed by atoms with E-state index in [1.165, 1.54) is 0 Å². The first-order valence-corrected chi connectivity index (χ1v) is 7.36. The Morgan fingerprint density at radius 2 is 1.76 bits per heavy atom. The number of hydrogen-bond acceptors (Lipinski definition) is 5. The summed E-state index contributed by atoms with van der Waals surface area (Å²) in [5.74, 6) is 2.14. The van der Waals surface area contributed by atoms with Crippen molar-refractivity contribution >= 4 is 11.6 Å². The van der Waals surface area contributed by atoms with Crippen molar-refractivity contribution in [2.24, 2.45) is 0 Å². The van der Waals surface area contributed by atoms with Gasteiger partial charge in [-0.15, -0.1) is 0 Å². The first-order valence-electron chi connectivity index (χ1n) is 7.36. The first kappa shape index (κ1) is 15.2. The summed E-state index contributed by atoms with van der Waals surface area (Å²) in [4.78, 5) is 13.0. The van der Waals surface area contributed by atoms with Gasteiger partial charge in [0.05, 0.1) is 0 Å². The Labute approximate surface area is 126 Å². The van der Waals surface area contributed by atoms with Crippen LogP contribution in [0.4, 0.5) is 11.6 Å². The zero-order chi connectivity index (χ0) is 15.2. The minimum Gasteiger partial charge on any atom is -0.370 e. The minimum atomic E-state index is 0.346. The van der Waals surface area contributed by atoms with Gasteiger partial charge in [-0.25, -0.2) is 9.97 Å². The van der Waals surface area contributed by atoms with E-state index in [9.17, 15) is 0 Å². The summed E-state index contributed by atoms with van der Waals surface area (Å²) in [6, 6.07) is 4.10. The standard InChI is InChI=1S/C16H23N5/c1-5-17-15-14(11(2)3)16(21-10-20-15)19-9-13-7-6-12(4)18-8-13/h6-8,10-11H,5,9H2,1-4H3,(H2,17,19,20,21). The summed E-state index contributed by atoms with van der Waals surface area (Å²) >= 11 is 0. The number of hydrogen-bond donors (Lipinski definition) is 2. The van der Waals surface area contributed by atoms with Gasteiger partial charge >= 0.3 is 0 Å². The molecule has 0 radical (unpaired) electrons. The molecule has 2 N–H and O–H groups in total. The van der Waals surface area contributed by atoms with Crippen molar-refractivity contribution in [2.75, 3.05) is 17.2 Å². The van der Waals surface area contributed by atoms with Crippen LogP contribution in [0.5, 0.6) is 0 Å². The maximum atomic E-state index is 4.39. The average molecular weight is 285 g/mol. The molecule has 5 nitrogen and oxygen atoms in total. The summed E-state index contributed by atoms with van der Waals surface area (Å²) in [5, 5.41) is 6.70. The molecule has 2 aromatic heterocycles. The van der Waals surface area contributed by atoms with Gasteiger partial charge in [0, 0.05) is 30.5 Å². The van der Waals surface area contributed by atoms with Crippen LogP contribution in [0.15, 0.2) is 24.7 Å². The molecule has 21 heavy (non-hydrogen) atoms. The minimum absolute atomic E-state index is 0.346. The third-order valence-corrected chi connectivity index (χ3v) is 3.24. The van der Waals surface area contributed by atoms with Crippen molar-refractivity contribution < 1.29 is 0 Å². The van der Waals surface area contributed by atoms with Gasteiger partial charge in [0.2, 0.25) is 0 Å². The summed E-state index contributed by atoms with van der Waals surface area (Å²) in [5.41, 5.74) is 3.29. The van der Waals surface area contributed by atoms with Crippen molar-refractivity contribution in [3.63, 3.8) is 0 Å². The average Bonchev–Trinajstić information content (AvgIpc) is 2.47. The van der Waals surface area contributed by atoms with Crippen LogP contribution in [0.1, 0.15) is 43.5 Å². The summed E-state index contributed by atoms with van der Waals surface area (Å²) in [6.07, 6.45) is 3.49. The fourth-order valence-electron chi connectivity index (χ4n) is 2.18. The smallest absolute Gasteiger partial charge is 0.135 e. The number of nitrogens with one attached hydrogen (secondary N) is 2. The third-order valence-electron chi connectivity index (χ3n) is 3.24. The molecule has 0 atom stereocenters. The molecule has 112 valence electrons. The van der Waals surface area contributed by atoms with Crippen molar-refractivity contribution in [3.05, 3.63) is 41.5 Å². The Kier molecular flexibility index (Phi) is 5.09. The van der Waals surface area contributed by atoms with Crippen LogP contribution < -0.4 is 10.6 Å². The highest BCUT2D eigenvalue weighted by Gasteiger charge is 2.14. The van der Waals surface area contributed by atoms with E-state index >= 15 is 0 Å². The molecule has 2 heterocycles. The molecular weight excluding hydrogens is 262 g/mol. The molecule has 0 aromatic carbocycles. The molecule has 0 aliphatic heterocycles. The largest absolute Gasteiger partial charge is 0.370 e. The summed E-state index contributed by atoms with van der Waals surface area (Å²) in [7, 11) is 0. The molecule has 0 spiro atoms. The second kappa shape index (κ2) is 7.02. The SMILES string of the molecule is CCNc1ncnc(NCc2ccc(C)nc2)c1C(C)C. The summed E-state index contributed by atoms with van der Waals surface area (Å²) < 4.78 is 0. The molecule has 0 saturated heterocycles. The maximum absolute atomic E-state index is 4.39. The normalized spacial score (nSPS) is 10.7. The lowest BCUT2D eigenvalue weighted by Gasteiger charge is -2.17. The van der Waals surface area contributed by atoms with Crippen molar-refractivity contribution in [3.8, 4) is 0 Å². The van der Waals surface area contributed by atoms with Crippen LogP contribution in [0, 0.1) is 6.92 Å². The van der Waals surface area contributed by atoms with E-state index in [0.717, 1.165) is 35.0 Å². The molecule has 0 bridgehead atoms. The molecular formula is C16H23N5. The molecule has 0 aliphatic carbocycles. The van der Waals surface area contributed by atoms with Gasteiger partial charge in [0.15, 0.2) is 0 Å². The lowest BCUT2D eigenvalue weighted by molar-refractivity contribution is 0.844. The first-order chi connectivity index (χ1) is 10.1. The number of aryl methyl sites for hydroxylation is 1. The maximum Gasteiger partial charge on any atom is 0.135 e. The highest BCUT2D eigenvalue weighted by Crippen LogP contribution is 2.28. The quantitative estimate of drug-likeness (QED) is 0.852. The monoisotopic (exact) mass is 285 g/mol. The Bertz CT molecular complexity index is 578. The lowest BCUT2D eigenvalue weighted by Crippen LogP contribution is -2.11. The number of nitrogens with zero attached hydrogens (tertiary/aromatic N) is 3. The van der Waals surface area contributed by atoms with Gasteiger partial charge in [0.25, 0.3) is 0 Å². The Balaban J connectivity index is 2.19. The second-order valence-corrected chi connectivity index (χ2v) is 5.33. The molecule has 0 unspecified atom stereocenters. The van der Waals surface area contributed by atoms with E-state index in [2.05, 4.69) is 52.4 Å². The number of rotatable bonds is 6. The van der Waals surface area contributed by atoms with E-state index in [1.54, 1.807) is 6.33 Å². The van der Waals surface area contributed by atoms with Crippen LogP contribution in [-0.2, 0) is 6.54 Å². The van der Waals surface area contributed by atoms with Crippen molar-refractivity contribution in [1.29, 1.82) is 0 Å². The van der Waals surface area contributed by atoms with Crippen LogP contribution in [0.3, 0.4) is 0 Å². The Morgan fingerprint density at radius 1 is 1.05 bits per heavy atom. The second-order valence-electron chi connectivity index (χ2n) is 5.33. The fourth-order valence-corrected chi connectivity index (χ4v) is 2.18. The highest BCUT2D eigenvalue weighted by molar-refractivity contribution is 5.59. The molecule has 5 heteroatoms. The molecule has 0 saturated carbocycles. The van der Waals surface area contributed by atoms with Gasteiger partial charge in [-0.2, -0.15) is 0 Å². The van der Waals surface area contributed by atoms with Crippen LogP contribution in [0.2, 0.25) is 0 Å².